The van der Waals surface area contributed by atoms with Crippen molar-refractivity contribution < 1.29 is 9.15 Å². The zero-order chi connectivity index (χ0) is 17.5. The number of rotatable bonds is 3. The molecule has 126 valence electrons. The van der Waals surface area contributed by atoms with Crippen molar-refractivity contribution >= 4 is 16.4 Å². The normalized spacial score (nSPS) is 11.3. The average Bonchev–Trinajstić information content (AvgIpc) is 3.37. The Labute approximate surface area is 149 Å². The molecule has 0 atom stereocenters. The number of nitrogens with zero attached hydrogens (tertiary/aromatic N) is 3. The minimum atomic E-state index is 0.735. The van der Waals surface area contributed by atoms with E-state index in [4.69, 9.17) is 19.2 Å². The van der Waals surface area contributed by atoms with E-state index < -0.39 is 0 Å². The summed E-state index contributed by atoms with van der Waals surface area (Å²) in [5, 5.41) is 5.80. The van der Waals surface area contributed by atoms with Crippen LogP contribution in [0.4, 0.5) is 0 Å². The summed E-state index contributed by atoms with van der Waals surface area (Å²) >= 11 is 0. The second kappa shape index (κ2) is 5.74. The molecule has 0 N–H and O–H groups in total. The summed E-state index contributed by atoms with van der Waals surface area (Å²) in [7, 11) is 1.66. The minimum Gasteiger partial charge on any atom is -0.497 e. The topological polar surface area (TPSA) is 52.6 Å². The highest BCUT2D eigenvalue weighted by atomic mass is 16.5. The van der Waals surface area contributed by atoms with Gasteiger partial charge in [0, 0.05) is 10.9 Å². The standard InChI is InChI=1S/C21H15N3O2/c1-25-15-10-8-14(9-11-15)21-22-17-6-3-2-5-16(17)19-13-18(23-24(19)21)20-7-4-12-26-20/h2-13H,1H3. The van der Waals surface area contributed by atoms with E-state index in [9.17, 15) is 0 Å². The van der Waals surface area contributed by atoms with Gasteiger partial charge in [0.1, 0.15) is 11.4 Å². The number of hydrogen-bond acceptors (Lipinski definition) is 4. The van der Waals surface area contributed by atoms with Crippen molar-refractivity contribution in [3.63, 3.8) is 0 Å². The molecule has 5 aromatic rings. The van der Waals surface area contributed by atoms with Crippen LogP contribution in [0.1, 0.15) is 0 Å². The van der Waals surface area contributed by atoms with Crippen LogP contribution in [0.5, 0.6) is 5.75 Å². The van der Waals surface area contributed by atoms with Crippen molar-refractivity contribution in [1.29, 1.82) is 0 Å². The summed E-state index contributed by atoms with van der Waals surface area (Å²) in [4.78, 5) is 4.85. The highest BCUT2D eigenvalue weighted by molar-refractivity contribution is 5.96. The van der Waals surface area contributed by atoms with Crippen LogP contribution in [0, 0.1) is 0 Å². The van der Waals surface area contributed by atoms with Gasteiger partial charge in [-0.1, -0.05) is 18.2 Å². The van der Waals surface area contributed by atoms with Crippen molar-refractivity contribution in [1.82, 2.24) is 14.6 Å². The summed E-state index contributed by atoms with van der Waals surface area (Å²) in [6.07, 6.45) is 1.65. The number of ether oxygens (including phenoxy) is 1. The maximum Gasteiger partial charge on any atom is 0.161 e. The molecule has 2 aromatic carbocycles. The van der Waals surface area contributed by atoms with Gasteiger partial charge in [-0.15, -0.1) is 0 Å². The molecule has 0 amide bonds. The number of para-hydroxylation sites is 1. The maximum atomic E-state index is 5.52. The van der Waals surface area contributed by atoms with Crippen molar-refractivity contribution in [3.05, 3.63) is 73.0 Å². The van der Waals surface area contributed by atoms with E-state index >= 15 is 0 Å². The second-order valence-corrected chi connectivity index (χ2v) is 5.98. The SMILES string of the molecule is COc1ccc(-c2nc3ccccc3c3cc(-c4ccco4)nn23)cc1. The van der Waals surface area contributed by atoms with Crippen molar-refractivity contribution in [2.45, 2.75) is 0 Å². The molecule has 3 heterocycles. The third-order valence-corrected chi connectivity index (χ3v) is 4.44. The molecule has 0 spiro atoms. The molecular weight excluding hydrogens is 326 g/mol. The Hall–Kier alpha value is -3.60. The molecule has 3 aromatic heterocycles. The van der Waals surface area contributed by atoms with Crippen LogP contribution in [0.15, 0.2) is 77.4 Å². The van der Waals surface area contributed by atoms with E-state index in [-0.39, 0.29) is 0 Å². The molecule has 5 rings (SSSR count). The van der Waals surface area contributed by atoms with Crippen molar-refractivity contribution in [2.24, 2.45) is 0 Å². The molecule has 0 aliphatic heterocycles. The van der Waals surface area contributed by atoms with E-state index in [1.54, 1.807) is 13.4 Å². The summed E-state index contributed by atoms with van der Waals surface area (Å²) in [5.41, 5.74) is 3.67. The molecule has 0 saturated carbocycles. The van der Waals surface area contributed by atoms with Gasteiger partial charge in [0.15, 0.2) is 11.6 Å². The molecule has 0 unspecified atom stereocenters. The Bertz CT molecular complexity index is 1210. The molecule has 0 fully saturated rings. The fourth-order valence-electron chi connectivity index (χ4n) is 3.16. The van der Waals surface area contributed by atoms with Crippen LogP contribution < -0.4 is 4.74 Å². The van der Waals surface area contributed by atoms with Gasteiger partial charge in [-0.3, -0.25) is 0 Å². The third kappa shape index (κ3) is 2.25. The number of hydrogen-bond donors (Lipinski definition) is 0. The molecule has 5 heteroatoms. The summed E-state index contributed by atoms with van der Waals surface area (Å²) < 4.78 is 12.7. The van der Waals surface area contributed by atoms with E-state index in [0.717, 1.165) is 45.0 Å². The first-order valence-electron chi connectivity index (χ1n) is 8.30. The Morgan fingerprint density at radius 1 is 0.962 bits per heavy atom. The van der Waals surface area contributed by atoms with E-state index in [2.05, 4.69) is 6.07 Å². The Morgan fingerprint density at radius 3 is 2.58 bits per heavy atom. The maximum absolute atomic E-state index is 5.52. The highest BCUT2D eigenvalue weighted by Crippen LogP contribution is 2.29. The van der Waals surface area contributed by atoms with Gasteiger partial charge >= 0.3 is 0 Å². The minimum absolute atomic E-state index is 0.735. The zero-order valence-electron chi connectivity index (χ0n) is 14.1. The van der Waals surface area contributed by atoms with Gasteiger partial charge in [0.25, 0.3) is 0 Å². The molecule has 0 radical (unpaired) electrons. The largest absolute Gasteiger partial charge is 0.497 e. The van der Waals surface area contributed by atoms with Crippen LogP contribution >= 0.6 is 0 Å². The zero-order valence-corrected chi connectivity index (χ0v) is 14.1. The van der Waals surface area contributed by atoms with E-state index in [1.165, 1.54) is 0 Å². The lowest BCUT2D eigenvalue weighted by Crippen LogP contribution is -1.99. The Morgan fingerprint density at radius 2 is 1.81 bits per heavy atom. The first-order valence-corrected chi connectivity index (χ1v) is 8.30. The van der Waals surface area contributed by atoms with Crippen LogP contribution in [-0.4, -0.2) is 21.7 Å². The van der Waals surface area contributed by atoms with E-state index in [1.807, 2.05) is 65.2 Å². The van der Waals surface area contributed by atoms with Crippen molar-refractivity contribution in [3.8, 4) is 28.6 Å². The smallest absolute Gasteiger partial charge is 0.161 e. The second-order valence-electron chi connectivity index (χ2n) is 5.98. The lowest BCUT2D eigenvalue weighted by Gasteiger charge is -2.08. The highest BCUT2D eigenvalue weighted by Gasteiger charge is 2.15. The van der Waals surface area contributed by atoms with Crippen LogP contribution in [0.3, 0.4) is 0 Å². The quantitative estimate of drug-likeness (QED) is 0.472. The van der Waals surface area contributed by atoms with Crippen LogP contribution in [0.2, 0.25) is 0 Å². The lowest BCUT2D eigenvalue weighted by atomic mass is 10.1. The van der Waals surface area contributed by atoms with Gasteiger partial charge in [-0.25, -0.2) is 9.50 Å². The van der Waals surface area contributed by atoms with Gasteiger partial charge in [-0.2, -0.15) is 5.10 Å². The number of fused-ring (bicyclic) bond motifs is 3. The van der Waals surface area contributed by atoms with Crippen molar-refractivity contribution in [2.75, 3.05) is 7.11 Å². The molecule has 5 nitrogen and oxygen atoms in total. The van der Waals surface area contributed by atoms with E-state index in [0.29, 0.717) is 0 Å². The van der Waals surface area contributed by atoms with Gasteiger partial charge in [0.2, 0.25) is 0 Å². The predicted molar refractivity (Wildman–Crippen MR) is 100 cm³/mol. The predicted octanol–water partition coefficient (Wildman–Crippen LogP) is 4.82. The monoisotopic (exact) mass is 341 g/mol. The Balaban J connectivity index is 1.82. The van der Waals surface area contributed by atoms with Gasteiger partial charge in [-0.05, 0) is 48.5 Å². The van der Waals surface area contributed by atoms with Gasteiger partial charge in [0.05, 0.1) is 24.4 Å². The van der Waals surface area contributed by atoms with Gasteiger partial charge < -0.3 is 9.15 Å². The number of furan rings is 1. The lowest BCUT2D eigenvalue weighted by molar-refractivity contribution is 0.415. The molecule has 0 saturated heterocycles. The fraction of sp³-hybridized carbons (Fsp3) is 0.0476. The molecule has 0 aliphatic rings. The first-order chi connectivity index (χ1) is 12.8. The molecular formula is C21H15N3O2. The first kappa shape index (κ1) is 14.7. The summed E-state index contributed by atoms with van der Waals surface area (Å²) in [5.74, 6) is 2.32. The molecule has 26 heavy (non-hydrogen) atoms. The number of methoxy groups -OCH3 is 1. The van der Waals surface area contributed by atoms with Crippen LogP contribution in [0.25, 0.3) is 39.3 Å². The third-order valence-electron chi connectivity index (χ3n) is 4.44. The van der Waals surface area contributed by atoms with Crippen LogP contribution in [-0.2, 0) is 0 Å². The Kier molecular flexibility index (Phi) is 3.25. The number of aromatic nitrogens is 3. The fourth-order valence-corrected chi connectivity index (χ4v) is 3.16. The molecule has 0 aliphatic carbocycles. The average molecular weight is 341 g/mol. The molecule has 0 bridgehead atoms. The summed E-state index contributed by atoms with van der Waals surface area (Å²) in [6, 6.07) is 21.7. The number of benzene rings is 2. The summed E-state index contributed by atoms with van der Waals surface area (Å²) in [6.45, 7) is 0.